The molecular weight excluding hydrogens is 222 g/mol. The van der Waals surface area contributed by atoms with Crippen LogP contribution in [0.15, 0.2) is 6.20 Å². The molecule has 1 aliphatic rings. The average Bonchev–Trinajstić information content (AvgIpc) is 2.78. The highest BCUT2D eigenvalue weighted by molar-refractivity contribution is 7.15. The van der Waals surface area contributed by atoms with E-state index in [0.717, 1.165) is 24.9 Å². The molecule has 1 N–H and O–H groups in total. The highest BCUT2D eigenvalue weighted by atomic mass is 32.1. The van der Waals surface area contributed by atoms with Crippen LogP contribution in [0.1, 0.15) is 24.8 Å². The summed E-state index contributed by atoms with van der Waals surface area (Å²) in [6.07, 6.45) is 1.98. The van der Waals surface area contributed by atoms with E-state index in [1.54, 1.807) is 11.3 Å². The fraction of sp³-hybridized carbons (Fsp3) is 0.727. The van der Waals surface area contributed by atoms with Gasteiger partial charge >= 0.3 is 0 Å². The fourth-order valence-electron chi connectivity index (χ4n) is 1.76. The van der Waals surface area contributed by atoms with Crippen molar-refractivity contribution in [1.82, 2.24) is 10.3 Å². The highest BCUT2D eigenvalue weighted by Crippen LogP contribution is 2.28. The average molecular weight is 241 g/mol. The molecule has 1 aliphatic heterocycles. The lowest BCUT2D eigenvalue weighted by Crippen LogP contribution is -2.43. The van der Waals surface area contributed by atoms with Gasteiger partial charge in [-0.05, 0) is 20.9 Å². The molecule has 0 aliphatic carbocycles. The second-order valence-electron chi connectivity index (χ2n) is 4.17. The highest BCUT2D eigenvalue weighted by Gasteiger charge is 2.22. The number of aromatic nitrogens is 1. The van der Waals surface area contributed by atoms with Crippen LogP contribution in [0, 0.1) is 0 Å². The van der Waals surface area contributed by atoms with Gasteiger partial charge in [0.2, 0.25) is 0 Å². The van der Waals surface area contributed by atoms with E-state index in [9.17, 15) is 0 Å². The van der Waals surface area contributed by atoms with E-state index in [1.807, 2.05) is 13.2 Å². The third-order valence-electron chi connectivity index (χ3n) is 2.98. The molecule has 1 aromatic rings. The Labute approximate surface area is 101 Å². The van der Waals surface area contributed by atoms with E-state index in [0.29, 0.717) is 12.1 Å². The molecule has 16 heavy (non-hydrogen) atoms. The van der Waals surface area contributed by atoms with Gasteiger partial charge in [0, 0.05) is 23.7 Å². The van der Waals surface area contributed by atoms with Gasteiger partial charge in [-0.2, -0.15) is 0 Å². The van der Waals surface area contributed by atoms with Crippen LogP contribution in [0.3, 0.4) is 0 Å². The van der Waals surface area contributed by atoms with Gasteiger partial charge in [-0.15, -0.1) is 11.3 Å². The molecule has 0 spiro atoms. The molecule has 2 heterocycles. The molecule has 2 unspecified atom stereocenters. The number of anilines is 1. The lowest BCUT2D eigenvalue weighted by atomic mass is 10.3. The first-order valence-electron chi connectivity index (χ1n) is 5.69. The predicted molar refractivity (Wildman–Crippen MR) is 67.2 cm³/mol. The summed E-state index contributed by atoms with van der Waals surface area (Å²) in [6.45, 7) is 6.89. The first-order chi connectivity index (χ1) is 7.72. The maximum atomic E-state index is 5.43. The number of hydrogen-bond donors (Lipinski definition) is 1. The third-order valence-corrected chi connectivity index (χ3v) is 4.20. The topological polar surface area (TPSA) is 37.4 Å². The molecule has 1 fully saturated rings. The van der Waals surface area contributed by atoms with Gasteiger partial charge in [0.25, 0.3) is 0 Å². The van der Waals surface area contributed by atoms with E-state index < -0.39 is 0 Å². The summed E-state index contributed by atoms with van der Waals surface area (Å²) in [5.74, 6) is 0. The van der Waals surface area contributed by atoms with Crippen molar-refractivity contribution in [2.24, 2.45) is 0 Å². The van der Waals surface area contributed by atoms with E-state index in [2.05, 4.69) is 29.0 Å². The molecule has 90 valence electrons. The van der Waals surface area contributed by atoms with Crippen LogP contribution in [0.4, 0.5) is 5.13 Å². The summed E-state index contributed by atoms with van der Waals surface area (Å²) in [6, 6.07) is 0.806. The lowest BCUT2D eigenvalue weighted by Gasteiger charge is -2.32. The summed E-state index contributed by atoms with van der Waals surface area (Å²) in [5, 5.41) is 4.35. The SMILES string of the molecule is CNC(C)c1cnc(N2CCOCC2C)s1. The van der Waals surface area contributed by atoms with E-state index >= 15 is 0 Å². The zero-order valence-electron chi connectivity index (χ0n) is 10.1. The molecular formula is C11H19N3OS. The van der Waals surface area contributed by atoms with Gasteiger partial charge in [0.1, 0.15) is 0 Å². The minimum Gasteiger partial charge on any atom is -0.377 e. The van der Waals surface area contributed by atoms with Crippen LogP contribution in [0.2, 0.25) is 0 Å². The largest absolute Gasteiger partial charge is 0.377 e. The van der Waals surface area contributed by atoms with E-state index in [4.69, 9.17) is 4.74 Å². The first-order valence-corrected chi connectivity index (χ1v) is 6.51. The van der Waals surface area contributed by atoms with Gasteiger partial charge in [-0.25, -0.2) is 4.98 Å². The van der Waals surface area contributed by atoms with Crippen molar-refractivity contribution < 1.29 is 4.74 Å². The van der Waals surface area contributed by atoms with E-state index in [-0.39, 0.29) is 0 Å². The van der Waals surface area contributed by atoms with Gasteiger partial charge < -0.3 is 15.0 Å². The van der Waals surface area contributed by atoms with Gasteiger partial charge in [-0.3, -0.25) is 0 Å². The Hall–Kier alpha value is -0.650. The van der Waals surface area contributed by atoms with Gasteiger partial charge in [-0.1, -0.05) is 0 Å². The minimum absolute atomic E-state index is 0.377. The lowest BCUT2D eigenvalue weighted by molar-refractivity contribution is 0.0989. The Morgan fingerprint density at radius 2 is 2.50 bits per heavy atom. The number of thiazole rings is 1. The van der Waals surface area contributed by atoms with Gasteiger partial charge in [0.15, 0.2) is 5.13 Å². The van der Waals surface area contributed by atoms with Crippen LogP contribution in [0.5, 0.6) is 0 Å². The number of nitrogens with one attached hydrogen (secondary N) is 1. The summed E-state index contributed by atoms with van der Waals surface area (Å²) in [5.41, 5.74) is 0. The quantitative estimate of drug-likeness (QED) is 0.873. The summed E-state index contributed by atoms with van der Waals surface area (Å²) in [7, 11) is 1.97. The predicted octanol–water partition coefficient (Wildman–Crippen LogP) is 1.65. The molecule has 0 bridgehead atoms. The van der Waals surface area contributed by atoms with Crippen molar-refractivity contribution in [3.05, 3.63) is 11.1 Å². The molecule has 1 aromatic heterocycles. The maximum absolute atomic E-state index is 5.43. The molecule has 0 aromatic carbocycles. The number of ether oxygens (including phenoxy) is 1. The number of nitrogens with zero attached hydrogens (tertiary/aromatic N) is 2. The first kappa shape index (κ1) is 11.8. The second-order valence-corrected chi connectivity index (χ2v) is 5.21. The third kappa shape index (κ3) is 2.36. The van der Waals surface area contributed by atoms with Crippen molar-refractivity contribution in [2.75, 3.05) is 31.7 Å². The van der Waals surface area contributed by atoms with E-state index in [1.165, 1.54) is 4.88 Å². The summed E-state index contributed by atoms with van der Waals surface area (Å²) < 4.78 is 5.43. The molecule has 5 heteroatoms. The Balaban J connectivity index is 2.11. The molecule has 4 nitrogen and oxygen atoms in total. The monoisotopic (exact) mass is 241 g/mol. The van der Waals surface area contributed by atoms with Crippen LogP contribution < -0.4 is 10.2 Å². The zero-order chi connectivity index (χ0) is 11.5. The molecule has 0 saturated carbocycles. The molecule has 1 saturated heterocycles. The van der Waals surface area contributed by atoms with Crippen LogP contribution in [-0.4, -0.2) is 37.8 Å². The summed E-state index contributed by atoms with van der Waals surface area (Å²) >= 11 is 1.77. The molecule has 2 rings (SSSR count). The van der Waals surface area contributed by atoms with Crippen LogP contribution in [-0.2, 0) is 4.74 Å². The maximum Gasteiger partial charge on any atom is 0.185 e. The van der Waals surface area contributed by atoms with Crippen molar-refractivity contribution >= 4 is 16.5 Å². The normalized spacial score (nSPS) is 23.4. The molecule has 0 radical (unpaired) electrons. The Kier molecular flexibility index (Phi) is 3.78. The van der Waals surface area contributed by atoms with Crippen molar-refractivity contribution in [3.63, 3.8) is 0 Å². The van der Waals surface area contributed by atoms with Gasteiger partial charge in [0.05, 0.1) is 19.3 Å². The standard InChI is InChI=1S/C11H19N3OS/c1-8-7-15-5-4-14(8)11-13-6-10(16-11)9(2)12-3/h6,8-9,12H,4-5,7H2,1-3H3. The van der Waals surface area contributed by atoms with Crippen LogP contribution in [0.25, 0.3) is 0 Å². The minimum atomic E-state index is 0.377. The fourth-order valence-corrected chi connectivity index (χ4v) is 2.87. The van der Waals surface area contributed by atoms with Crippen LogP contribution >= 0.6 is 11.3 Å². The number of hydrogen-bond acceptors (Lipinski definition) is 5. The van der Waals surface area contributed by atoms with Crippen molar-refractivity contribution in [3.8, 4) is 0 Å². The smallest absolute Gasteiger partial charge is 0.185 e. The number of morpholine rings is 1. The zero-order valence-corrected chi connectivity index (χ0v) is 10.9. The molecule has 0 amide bonds. The van der Waals surface area contributed by atoms with Crippen molar-refractivity contribution in [1.29, 1.82) is 0 Å². The number of rotatable bonds is 3. The summed E-state index contributed by atoms with van der Waals surface area (Å²) in [4.78, 5) is 8.13. The Morgan fingerprint density at radius 1 is 1.69 bits per heavy atom. The Bertz CT molecular complexity index is 342. The molecule has 2 atom stereocenters. The van der Waals surface area contributed by atoms with Crippen molar-refractivity contribution in [2.45, 2.75) is 25.9 Å². The second kappa shape index (κ2) is 5.12. The Morgan fingerprint density at radius 3 is 3.19 bits per heavy atom.